The summed E-state index contributed by atoms with van der Waals surface area (Å²) in [4.78, 5) is 15.2. The van der Waals surface area contributed by atoms with Crippen molar-refractivity contribution in [2.24, 2.45) is 13.0 Å². The van der Waals surface area contributed by atoms with Crippen LogP contribution in [0, 0.1) is 18.7 Å². The number of carbonyl (C=O) groups excluding carboxylic acids is 1. The van der Waals surface area contributed by atoms with E-state index in [2.05, 4.69) is 58.7 Å². The van der Waals surface area contributed by atoms with E-state index in [0.29, 0.717) is 30.6 Å². The van der Waals surface area contributed by atoms with Crippen LogP contribution in [0.2, 0.25) is 0 Å². The average Bonchev–Trinajstić information content (AvgIpc) is 3.32. The summed E-state index contributed by atoms with van der Waals surface area (Å²) in [7, 11) is 1.77. The lowest BCUT2D eigenvalue weighted by Crippen LogP contribution is -2.34. The molecule has 3 atom stereocenters. The molecular weight excluding hydrogens is 467 g/mol. The van der Waals surface area contributed by atoms with Crippen LogP contribution in [0.15, 0.2) is 79.1 Å². The zero-order valence-electron chi connectivity index (χ0n) is 20.5. The van der Waals surface area contributed by atoms with Gasteiger partial charge < -0.3 is 4.90 Å². The van der Waals surface area contributed by atoms with Crippen LogP contribution in [0.1, 0.15) is 33.1 Å². The number of fused-ring (bicyclic) bond motifs is 2. The molecule has 184 valence electrons. The lowest BCUT2D eigenvalue weighted by atomic mass is 9.86. The van der Waals surface area contributed by atoms with Crippen molar-refractivity contribution < 1.29 is 9.18 Å². The van der Waals surface area contributed by atoms with Gasteiger partial charge in [-0.3, -0.25) is 9.48 Å². The molecule has 0 bridgehead atoms. The molecule has 1 amide bonds. The number of carbonyl (C=O) groups is 1. The maximum Gasteiger partial charge on any atom is 0.276 e. The van der Waals surface area contributed by atoms with Crippen LogP contribution >= 0.6 is 0 Å². The van der Waals surface area contributed by atoms with Gasteiger partial charge in [-0.05, 0) is 65.9 Å². The standard InChI is InChI=1S/C29H25FN6O/c1-18-12-26-20(14-31-36(26)22-10-8-21(30)9-11-22)13-23(18)29-17-35(28(37)25-16-34(2)33-32-25)15-24(29)27(29)19-6-4-3-5-7-19/h3-14,16,24,27H,15,17H2,1-2H3/t24-,27-,29+/m1/s1. The number of rotatable bonds is 4. The Morgan fingerprint density at radius 2 is 1.86 bits per heavy atom. The van der Waals surface area contributed by atoms with Crippen LogP contribution in [0.4, 0.5) is 4.39 Å². The topological polar surface area (TPSA) is 68.8 Å². The Hall–Kier alpha value is -4.33. The van der Waals surface area contributed by atoms with Gasteiger partial charge >= 0.3 is 0 Å². The van der Waals surface area contributed by atoms with Crippen molar-refractivity contribution in [3.05, 3.63) is 107 Å². The van der Waals surface area contributed by atoms with E-state index in [-0.39, 0.29) is 17.1 Å². The van der Waals surface area contributed by atoms with Gasteiger partial charge in [-0.25, -0.2) is 9.07 Å². The molecule has 1 saturated heterocycles. The smallest absolute Gasteiger partial charge is 0.276 e. The summed E-state index contributed by atoms with van der Waals surface area (Å²) in [6.45, 7) is 3.45. The van der Waals surface area contributed by atoms with Gasteiger partial charge in [0, 0.05) is 36.9 Å². The van der Waals surface area contributed by atoms with E-state index in [0.717, 1.165) is 22.2 Å². The summed E-state index contributed by atoms with van der Waals surface area (Å²) in [6.07, 6.45) is 3.54. The molecule has 7 nitrogen and oxygen atoms in total. The van der Waals surface area contributed by atoms with E-state index in [1.54, 1.807) is 30.1 Å². The molecule has 3 aromatic carbocycles. The summed E-state index contributed by atoms with van der Waals surface area (Å²) in [6, 6.07) is 21.4. The van der Waals surface area contributed by atoms with Crippen molar-refractivity contribution in [1.29, 1.82) is 0 Å². The zero-order chi connectivity index (χ0) is 25.3. The predicted octanol–water partition coefficient (Wildman–Crippen LogP) is 4.41. The minimum absolute atomic E-state index is 0.0747. The van der Waals surface area contributed by atoms with Gasteiger partial charge in [0.2, 0.25) is 0 Å². The Morgan fingerprint density at radius 3 is 2.59 bits per heavy atom. The Labute approximate surface area is 213 Å². The van der Waals surface area contributed by atoms with E-state index in [4.69, 9.17) is 0 Å². The van der Waals surface area contributed by atoms with Gasteiger partial charge in [0.25, 0.3) is 5.91 Å². The van der Waals surface area contributed by atoms with Crippen molar-refractivity contribution in [2.75, 3.05) is 13.1 Å². The highest BCUT2D eigenvalue weighted by atomic mass is 19.1. The second-order valence-electron chi connectivity index (χ2n) is 10.3. The van der Waals surface area contributed by atoms with Gasteiger partial charge in [0.05, 0.1) is 23.6 Å². The molecule has 8 heteroatoms. The van der Waals surface area contributed by atoms with Gasteiger partial charge in [0.15, 0.2) is 5.69 Å². The van der Waals surface area contributed by atoms with Crippen LogP contribution in [-0.4, -0.2) is 48.7 Å². The Kier molecular flexibility index (Phi) is 4.64. The van der Waals surface area contributed by atoms with Crippen molar-refractivity contribution in [2.45, 2.75) is 18.3 Å². The molecule has 1 aliphatic carbocycles. The van der Waals surface area contributed by atoms with Crippen LogP contribution in [0.25, 0.3) is 16.6 Å². The van der Waals surface area contributed by atoms with Crippen molar-refractivity contribution in [3.8, 4) is 5.69 Å². The van der Waals surface area contributed by atoms with E-state index in [9.17, 15) is 9.18 Å². The number of likely N-dealkylation sites (tertiary alicyclic amines) is 1. The summed E-state index contributed by atoms with van der Waals surface area (Å²) < 4.78 is 16.9. The molecule has 1 saturated carbocycles. The van der Waals surface area contributed by atoms with Gasteiger partial charge in [-0.2, -0.15) is 5.10 Å². The van der Waals surface area contributed by atoms with Crippen LogP contribution < -0.4 is 0 Å². The minimum atomic E-state index is -0.272. The first-order valence-corrected chi connectivity index (χ1v) is 12.4. The normalized spacial score (nSPS) is 22.4. The van der Waals surface area contributed by atoms with Gasteiger partial charge in [0.1, 0.15) is 5.82 Å². The Bertz CT molecular complexity index is 1660. The molecule has 0 radical (unpaired) electrons. The van der Waals surface area contributed by atoms with Crippen LogP contribution in [0.3, 0.4) is 0 Å². The Morgan fingerprint density at radius 1 is 1.08 bits per heavy atom. The number of amides is 1. The lowest BCUT2D eigenvalue weighted by molar-refractivity contribution is 0.0763. The number of aromatic nitrogens is 5. The molecule has 0 N–H and O–H groups in total. The summed E-state index contributed by atoms with van der Waals surface area (Å²) >= 11 is 0. The molecule has 2 aliphatic rings. The highest BCUT2D eigenvalue weighted by molar-refractivity contribution is 5.93. The van der Waals surface area contributed by atoms with Crippen LogP contribution in [-0.2, 0) is 12.5 Å². The molecule has 5 aromatic rings. The zero-order valence-corrected chi connectivity index (χ0v) is 20.5. The van der Waals surface area contributed by atoms with E-state index >= 15 is 0 Å². The van der Waals surface area contributed by atoms with Crippen molar-refractivity contribution >= 4 is 16.8 Å². The second kappa shape index (κ2) is 7.83. The maximum absolute atomic E-state index is 13.5. The first-order valence-electron chi connectivity index (χ1n) is 12.4. The minimum Gasteiger partial charge on any atom is -0.336 e. The summed E-state index contributed by atoms with van der Waals surface area (Å²) in [5, 5.41) is 13.6. The highest BCUT2D eigenvalue weighted by Crippen LogP contribution is 2.69. The fraction of sp³-hybridized carbons (Fsp3) is 0.241. The molecule has 2 aromatic heterocycles. The molecule has 0 unspecified atom stereocenters. The molecule has 3 heterocycles. The number of benzene rings is 3. The third-order valence-electron chi connectivity index (χ3n) is 8.13. The van der Waals surface area contributed by atoms with Crippen LogP contribution in [0.5, 0.6) is 0 Å². The number of piperidine rings is 1. The third-order valence-corrected chi connectivity index (χ3v) is 8.13. The first kappa shape index (κ1) is 21.9. The Balaban J connectivity index is 1.31. The maximum atomic E-state index is 13.5. The molecular formula is C29H25FN6O. The lowest BCUT2D eigenvalue weighted by Gasteiger charge is -2.25. The number of halogens is 1. The number of hydrogen-bond donors (Lipinski definition) is 0. The third kappa shape index (κ3) is 3.25. The number of hydrogen-bond acceptors (Lipinski definition) is 4. The van der Waals surface area contributed by atoms with Crippen molar-refractivity contribution in [1.82, 2.24) is 29.7 Å². The fourth-order valence-corrected chi connectivity index (χ4v) is 6.49. The number of nitrogens with zero attached hydrogens (tertiary/aromatic N) is 6. The quantitative estimate of drug-likeness (QED) is 0.373. The van der Waals surface area contributed by atoms with E-state index < -0.39 is 0 Å². The predicted molar refractivity (Wildman–Crippen MR) is 137 cm³/mol. The first-order chi connectivity index (χ1) is 18.0. The van der Waals surface area contributed by atoms with Gasteiger partial charge in [-0.15, -0.1) is 5.10 Å². The van der Waals surface area contributed by atoms with Gasteiger partial charge in [-0.1, -0.05) is 35.5 Å². The van der Waals surface area contributed by atoms with E-state index in [1.807, 2.05) is 21.8 Å². The van der Waals surface area contributed by atoms with E-state index in [1.165, 1.54) is 23.3 Å². The summed E-state index contributed by atoms with van der Waals surface area (Å²) in [5.74, 6) is 0.308. The second-order valence-corrected chi connectivity index (χ2v) is 10.3. The van der Waals surface area contributed by atoms with Crippen molar-refractivity contribution in [3.63, 3.8) is 0 Å². The SMILES string of the molecule is Cc1cc2c(cnn2-c2ccc(F)cc2)cc1[C@@]12CN(C(=O)c3cn(C)nn3)C[C@@H]1[C@H]2c1ccccc1. The summed E-state index contributed by atoms with van der Waals surface area (Å²) in [5.41, 5.74) is 5.72. The molecule has 37 heavy (non-hydrogen) atoms. The monoisotopic (exact) mass is 492 g/mol. The largest absolute Gasteiger partial charge is 0.336 e. The average molecular weight is 493 g/mol. The molecule has 2 fully saturated rings. The number of aryl methyl sites for hydroxylation is 2. The molecule has 0 spiro atoms. The molecule has 1 aliphatic heterocycles. The fourth-order valence-electron chi connectivity index (χ4n) is 6.49. The molecule has 7 rings (SSSR count). The highest BCUT2D eigenvalue weighted by Gasteiger charge is 2.71.